The molecular formula is C6H2BrF3INO. The molecule has 0 unspecified atom stereocenters. The van der Waals surface area contributed by atoms with Crippen molar-refractivity contribution in [3.63, 3.8) is 0 Å². The smallest absolute Gasteiger partial charge is 0.403 e. The van der Waals surface area contributed by atoms with Crippen molar-refractivity contribution in [2.75, 3.05) is 0 Å². The van der Waals surface area contributed by atoms with Gasteiger partial charge in [0, 0.05) is 9.77 Å². The predicted octanol–water partition coefficient (Wildman–Crippen LogP) is 3.35. The number of nitrogens with zero attached hydrogens (tertiary/aromatic N) is 1. The Morgan fingerprint density at radius 1 is 1.46 bits per heavy atom. The van der Waals surface area contributed by atoms with Crippen molar-refractivity contribution in [3.05, 3.63) is 20.4 Å². The van der Waals surface area contributed by atoms with Crippen LogP contribution in [0.1, 0.15) is 0 Å². The van der Waals surface area contributed by atoms with Gasteiger partial charge < -0.3 is 4.74 Å². The molecule has 0 atom stereocenters. The van der Waals surface area contributed by atoms with Crippen molar-refractivity contribution in [1.82, 2.24) is 4.98 Å². The zero-order valence-electron chi connectivity index (χ0n) is 5.90. The standard InChI is InChI=1S/C6H2BrF3INO/c7-5-4(13-6(8,9)10)1-3(11)2-12-5/h1-2H. The number of hydrogen-bond donors (Lipinski definition) is 0. The summed E-state index contributed by atoms with van der Waals surface area (Å²) in [5, 5.41) is 0. The van der Waals surface area contributed by atoms with E-state index >= 15 is 0 Å². The number of hydrogen-bond acceptors (Lipinski definition) is 2. The largest absolute Gasteiger partial charge is 0.573 e. The van der Waals surface area contributed by atoms with E-state index in [9.17, 15) is 13.2 Å². The highest BCUT2D eigenvalue weighted by Gasteiger charge is 2.32. The van der Waals surface area contributed by atoms with Gasteiger partial charge in [0.05, 0.1) is 0 Å². The fraction of sp³-hybridized carbons (Fsp3) is 0.167. The number of aromatic nitrogens is 1. The molecule has 7 heteroatoms. The lowest BCUT2D eigenvalue weighted by molar-refractivity contribution is -0.275. The van der Waals surface area contributed by atoms with Crippen LogP contribution in [0.4, 0.5) is 13.2 Å². The van der Waals surface area contributed by atoms with Gasteiger partial charge in [0.25, 0.3) is 0 Å². The van der Waals surface area contributed by atoms with Crippen molar-refractivity contribution in [1.29, 1.82) is 0 Å². The third kappa shape index (κ3) is 3.67. The third-order valence-electron chi connectivity index (χ3n) is 0.999. The first kappa shape index (κ1) is 11.0. The molecule has 0 aromatic carbocycles. The van der Waals surface area contributed by atoms with Crippen LogP contribution in [0.25, 0.3) is 0 Å². The van der Waals surface area contributed by atoms with Crippen molar-refractivity contribution < 1.29 is 17.9 Å². The summed E-state index contributed by atoms with van der Waals surface area (Å²) in [6, 6.07) is 1.24. The summed E-state index contributed by atoms with van der Waals surface area (Å²) in [6.07, 6.45) is -3.26. The Morgan fingerprint density at radius 3 is 2.62 bits per heavy atom. The fourth-order valence-corrected chi connectivity index (χ4v) is 1.32. The second kappa shape index (κ2) is 3.99. The average molecular weight is 368 g/mol. The minimum absolute atomic E-state index is 0.0326. The van der Waals surface area contributed by atoms with Gasteiger partial charge >= 0.3 is 6.36 Å². The van der Waals surface area contributed by atoms with E-state index in [0.717, 1.165) is 0 Å². The third-order valence-corrected chi connectivity index (χ3v) is 2.18. The Morgan fingerprint density at radius 2 is 2.08 bits per heavy atom. The monoisotopic (exact) mass is 367 g/mol. The maximum atomic E-state index is 11.8. The van der Waals surface area contributed by atoms with Gasteiger partial charge in [-0.05, 0) is 44.6 Å². The first-order valence-electron chi connectivity index (χ1n) is 2.95. The van der Waals surface area contributed by atoms with Crippen molar-refractivity contribution in [2.24, 2.45) is 0 Å². The average Bonchev–Trinajstić information content (AvgIpc) is 1.94. The Balaban J connectivity index is 2.94. The molecule has 72 valence electrons. The molecule has 0 bridgehead atoms. The van der Waals surface area contributed by atoms with Crippen molar-refractivity contribution >= 4 is 38.5 Å². The number of alkyl halides is 3. The van der Waals surface area contributed by atoms with Gasteiger partial charge in [-0.1, -0.05) is 0 Å². The van der Waals surface area contributed by atoms with Crippen LogP contribution >= 0.6 is 38.5 Å². The predicted molar refractivity (Wildman–Crippen MR) is 51.3 cm³/mol. The van der Waals surface area contributed by atoms with Gasteiger partial charge in [0.15, 0.2) is 5.75 Å². The topological polar surface area (TPSA) is 22.1 Å². The highest BCUT2D eigenvalue weighted by atomic mass is 127. The maximum absolute atomic E-state index is 11.8. The molecule has 0 N–H and O–H groups in total. The first-order chi connectivity index (χ1) is 5.88. The molecule has 0 fully saturated rings. The van der Waals surface area contributed by atoms with E-state index in [1.165, 1.54) is 12.3 Å². The molecule has 2 nitrogen and oxygen atoms in total. The quantitative estimate of drug-likeness (QED) is 0.561. The SMILES string of the molecule is FC(F)(F)Oc1cc(I)cnc1Br. The molecule has 0 spiro atoms. The number of halogens is 5. The van der Waals surface area contributed by atoms with Crippen LogP contribution in [0.15, 0.2) is 16.9 Å². The van der Waals surface area contributed by atoms with Crippen LogP contribution in [-0.2, 0) is 0 Å². The maximum Gasteiger partial charge on any atom is 0.573 e. The Labute approximate surface area is 93.8 Å². The minimum Gasteiger partial charge on any atom is -0.403 e. The first-order valence-corrected chi connectivity index (χ1v) is 4.82. The number of pyridine rings is 1. The van der Waals surface area contributed by atoms with Crippen LogP contribution in [0.3, 0.4) is 0 Å². The van der Waals surface area contributed by atoms with Gasteiger partial charge in [-0.2, -0.15) is 0 Å². The van der Waals surface area contributed by atoms with Gasteiger partial charge in [-0.25, -0.2) is 4.98 Å². The second-order valence-corrected chi connectivity index (χ2v) is 3.99. The summed E-state index contributed by atoms with van der Waals surface area (Å²) >= 11 is 4.69. The van der Waals surface area contributed by atoms with E-state index in [1.807, 2.05) is 22.6 Å². The van der Waals surface area contributed by atoms with Gasteiger partial charge in [-0.15, -0.1) is 13.2 Å². The molecule has 1 rings (SSSR count). The molecular weight excluding hydrogens is 366 g/mol. The summed E-state index contributed by atoms with van der Waals surface area (Å²) in [5.74, 6) is -0.334. The van der Waals surface area contributed by atoms with Crippen LogP contribution < -0.4 is 4.74 Å². The highest BCUT2D eigenvalue weighted by molar-refractivity contribution is 14.1. The normalized spacial score (nSPS) is 11.5. The van der Waals surface area contributed by atoms with Gasteiger partial charge in [0.2, 0.25) is 0 Å². The molecule has 0 aliphatic rings. The van der Waals surface area contributed by atoms with Crippen molar-refractivity contribution in [3.8, 4) is 5.75 Å². The number of rotatable bonds is 1. The van der Waals surface area contributed by atoms with E-state index in [1.54, 1.807) is 0 Å². The van der Waals surface area contributed by atoms with Crippen LogP contribution in [-0.4, -0.2) is 11.3 Å². The van der Waals surface area contributed by atoms with E-state index in [-0.39, 0.29) is 10.4 Å². The molecule has 1 aromatic rings. The Bertz CT molecular complexity index is 317. The van der Waals surface area contributed by atoms with E-state index < -0.39 is 6.36 Å². The van der Waals surface area contributed by atoms with Gasteiger partial charge in [0.1, 0.15) is 4.60 Å². The molecule has 0 saturated heterocycles. The zero-order chi connectivity index (χ0) is 10.1. The lowest BCUT2D eigenvalue weighted by Crippen LogP contribution is -2.17. The van der Waals surface area contributed by atoms with Crippen molar-refractivity contribution in [2.45, 2.75) is 6.36 Å². The molecule has 1 aromatic heterocycles. The molecule has 0 aliphatic heterocycles. The van der Waals surface area contributed by atoms with Crippen LogP contribution in [0, 0.1) is 3.57 Å². The zero-order valence-corrected chi connectivity index (χ0v) is 9.64. The highest BCUT2D eigenvalue weighted by Crippen LogP contribution is 2.29. The lowest BCUT2D eigenvalue weighted by atomic mass is 10.5. The summed E-state index contributed by atoms with van der Waals surface area (Å²) in [7, 11) is 0. The molecule has 1 heterocycles. The molecule has 0 aliphatic carbocycles. The Kier molecular flexibility index (Phi) is 3.38. The van der Waals surface area contributed by atoms with Crippen LogP contribution in [0.2, 0.25) is 0 Å². The van der Waals surface area contributed by atoms with Crippen LogP contribution in [0.5, 0.6) is 5.75 Å². The van der Waals surface area contributed by atoms with Gasteiger partial charge in [-0.3, -0.25) is 0 Å². The number of ether oxygens (including phenoxy) is 1. The molecule has 0 amide bonds. The second-order valence-electron chi connectivity index (χ2n) is 1.99. The summed E-state index contributed by atoms with van der Waals surface area (Å²) in [4.78, 5) is 3.65. The van der Waals surface area contributed by atoms with E-state index in [0.29, 0.717) is 3.57 Å². The summed E-state index contributed by atoms with van der Waals surface area (Å²) in [6.45, 7) is 0. The summed E-state index contributed by atoms with van der Waals surface area (Å²) < 4.78 is 39.6. The van der Waals surface area contributed by atoms with E-state index in [2.05, 4.69) is 25.7 Å². The molecule has 13 heavy (non-hydrogen) atoms. The molecule has 0 saturated carbocycles. The lowest BCUT2D eigenvalue weighted by Gasteiger charge is -2.09. The van der Waals surface area contributed by atoms with E-state index in [4.69, 9.17) is 0 Å². The Hall–Kier alpha value is -0.0500. The minimum atomic E-state index is -4.69. The molecule has 0 radical (unpaired) electrons. The summed E-state index contributed by atoms with van der Waals surface area (Å²) in [5.41, 5.74) is 0. The fourth-order valence-electron chi connectivity index (χ4n) is 0.600.